The Bertz CT molecular complexity index is 933. The van der Waals surface area contributed by atoms with Crippen molar-refractivity contribution in [3.05, 3.63) is 24.3 Å². The highest BCUT2D eigenvalue weighted by atomic mass is 16.6. The van der Waals surface area contributed by atoms with Gasteiger partial charge in [-0.1, -0.05) is 225 Å². The molecule has 0 saturated heterocycles. The first-order valence-electron chi connectivity index (χ1n) is 26.8. The zero-order chi connectivity index (χ0) is 44.4. The second kappa shape index (κ2) is 50.5. The Kier molecular flexibility index (Phi) is 48.8. The number of carbonyl (C=O) groups is 3. The average Bonchev–Trinajstić information content (AvgIpc) is 3.26. The molecular formula is C55H102O6. The summed E-state index contributed by atoms with van der Waals surface area (Å²) in [5.41, 5.74) is 0. The van der Waals surface area contributed by atoms with Crippen LogP contribution >= 0.6 is 0 Å². The standard InChI is InChI=1S/C55H102O6/c1-4-7-10-13-16-19-22-25-27-30-32-35-38-41-44-47-53(56)59-50-52(61-55(58)49-46-43-40-37-34-29-24-21-18-15-12-9-6-3)51-60-54(57)48-45-42-39-36-33-31-28-26-23-20-17-14-11-8-5-2/h19-20,22-23,52H,4-18,21,24-51H2,1-3H3/b22-19-,23-20-. The van der Waals surface area contributed by atoms with Crippen LogP contribution in [0.5, 0.6) is 0 Å². The summed E-state index contributed by atoms with van der Waals surface area (Å²) in [6.07, 6.45) is 57.2. The van der Waals surface area contributed by atoms with E-state index in [2.05, 4.69) is 45.1 Å². The van der Waals surface area contributed by atoms with Crippen molar-refractivity contribution >= 4 is 17.9 Å². The van der Waals surface area contributed by atoms with Crippen molar-refractivity contribution < 1.29 is 28.6 Å². The number of hydrogen-bond acceptors (Lipinski definition) is 6. The summed E-state index contributed by atoms with van der Waals surface area (Å²) in [6, 6.07) is 0. The Morgan fingerprint density at radius 1 is 0.311 bits per heavy atom. The van der Waals surface area contributed by atoms with Gasteiger partial charge in [-0.05, 0) is 70.6 Å². The maximum Gasteiger partial charge on any atom is 0.306 e. The van der Waals surface area contributed by atoms with E-state index in [1.807, 2.05) is 0 Å². The number of rotatable bonds is 49. The molecule has 61 heavy (non-hydrogen) atoms. The van der Waals surface area contributed by atoms with Gasteiger partial charge in [-0.25, -0.2) is 0 Å². The van der Waals surface area contributed by atoms with Gasteiger partial charge in [0.25, 0.3) is 0 Å². The van der Waals surface area contributed by atoms with Gasteiger partial charge in [0.2, 0.25) is 0 Å². The quantitative estimate of drug-likeness (QED) is 0.0262. The minimum atomic E-state index is -0.769. The van der Waals surface area contributed by atoms with Crippen LogP contribution in [0.4, 0.5) is 0 Å². The molecule has 0 heterocycles. The number of unbranched alkanes of at least 4 members (excludes halogenated alkanes) is 34. The molecule has 0 aliphatic carbocycles. The molecule has 0 bridgehead atoms. The lowest BCUT2D eigenvalue weighted by Gasteiger charge is -2.18. The van der Waals surface area contributed by atoms with Gasteiger partial charge in [0, 0.05) is 19.3 Å². The third kappa shape index (κ3) is 48.8. The molecule has 0 amide bonds. The Morgan fingerprint density at radius 2 is 0.541 bits per heavy atom. The van der Waals surface area contributed by atoms with E-state index >= 15 is 0 Å². The average molecular weight is 859 g/mol. The molecule has 0 unspecified atom stereocenters. The van der Waals surface area contributed by atoms with E-state index in [0.29, 0.717) is 19.3 Å². The van der Waals surface area contributed by atoms with Gasteiger partial charge >= 0.3 is 17.9 Å². The van der Waals surface area contributed by atoms with Gasteiger partial charge in [-0.15, -0.1) is 0 Å². The van der Waals surface area contributed by atoms with Crippen molar-refractivity contribution in [3.8, 4) is 0 Å². The zero-order valence-electron chi connectivity index (χ0n) is 40.9. The maximum atomic E-state index is 12.8. The molecule has 0 atom stereocenters. The molecule has 0 radical (unpaired) electrons. The van der Waals surface area contributed by atoms with Crippen LogP contribution in [0.25, 0.3) is 0 Å². The predicted molar refractivity (Wildman–Crippen MR) is 261 cm³/mol. The first-order valence-corrected chi connectivity index (χ1v) is 26.8. The van der Waals surface area contributed by atoms with Gasteiger partial charge in [-0.3, -0.25) is 14.4 Å². The van der Waals surface area contributed by atoms with Crippen molar-refractivity contribution in [2.75, 3.05) is 13.2 Å². The fourth-order valence-corrected chi connectivity index (χ4v) is 7.84. The van der Waals surface area contributed by atoms with Crippen molar-refractivity contribution in [2.24, 2.45) is 0 Å². The lowest BCUT2D eigenvalue weighted by Crippen LogP contribution is -2.30. The normalized spacial score (nSPS) is 11.7. The highest BCUT2D eigenvalue weighted by Crippen LogP contribution is 2.16. The van der Waals surface area contributed by atoms with Crippen molar-refractivity contribution in [3.63, 3.8) is 0 Å². The molecule has 6 heteroatoms. The second-order valence-corrected chi connectivity index (χ2v) is 18.1. The van der Waals surface area contributed by atoms with Crippen molar-refractivity contribution in [1.82, 2.24) is 0 Å². The predicted octanol–water partition coefficient (Wildman–Crippen LogP) is 17.5. The first kappa shape index (κ1) is 58.9. The van der Waals surface area contributed by atoms with Gasteiger partial charge in [0.15, 0.2) is 6.10 Å². The van der Waals surface area contributed by atoms with Crippen LogP contribution < -0.4 is 0 Å². The number of carbonyl (C=O) groups excluding carboxylic acids is 3. The minimum absolute atomic E-state index is 0.0710. The van der Waals surface area contributed by atoms with E-state index in [-0.39, 0.29) is 31.1 Å². The van der Waals surface area contributed by atoms with E-state index in [4.69, 9.17) is 14.2 Å². The van der Waals surface area contributed by atoms with E-state index in [0.717, 1.165) is 57.8 Å². The molecule has 0 rings (SSSR count). The Hall–Kier alpha value is -2.11. The highest BCUT2D eigenvalue weighted by Gasteiger charge is 2.19. The summed E-state index contributed by atoms with van der Waals surface area (Å²) < 4.78 is 16.8. The van der Waals surface area contributed by atoms with Crippen LogP contribution in [0.2, 0.25) is 0 Å². The minimum Gasteiger partial charge on any atom is -0.462 e. The third-order valence-corrected chi connectivity index (χ3v) is 11.9. The molecule has 0 saturated carbocycles. The van der Waals surface area contributed by atoms with E-state index < -0.39 is 6.10 Å². The Labute approximate surface area is 379 Å². The summed E-state index contributed by atoms with van der Waals surface area (Å²) in [5.74, 6) is -0.865. The highest BCUT2D eigenvalue weighted by molar-refractivity contribution is 5.71. The molecule has 0 spiro atoms. The molecule has 0 aromatic rings. The van der Waals surface area contributed by atoms with Crippen LogP contribution in [0.1, 0.15) is 290 Å². The molecular weight excluding hydrogens is 757 g/mol. The van der Waals surface area contributed by atoms with Gasteiger partial charge in [0.05, 0.1) is 0 Å². The molecule has 0 aliphatic rings. The lowest BCUT2D eigenvalue weighted by molar-refractivity contribution is -0.167. The van der Waals surface area contributed by atoms with E-state index in [1.54, 1.807) is 0 Å². The van der Waals surface area contributed by atoms with Crippen LogP contribution in [-0.4, -0.2) is 37.2 Å². The maximum absolute atomic E-state index is 12.8. The molecule has 358 valence electrons. The van der Waals surface area contributed by atoms with Crippen LogP contribution in [-0.2, 0) is 28.6 Å². The largest absolute Gasteiger partial charge is 0.462 e. The summed E-state index contributed by atoms with van der Waals surface area (Å²) >= 11 is 0. The smallest absolute Gasteiger partial charge is 0.306 e. The van der Waals surface area contributed by atoms with Gasteiger partial charge in [-0.2, -0.15) is 0 Å². The number of allylic oxidation sites excluding steroid dienone is 4. The van der Waals surface area contributed by atoms with Crippen LogP contribution in [0.3, 0.4) is 0 Å². The van der Waals surface area contributed by atoms with Crippen molar-refractivity contribution in [1.29, 1.82) is 0 Å². The molecule has 0 aromatic heterocycles. The fraction of sp³-hybridized carbons (Fsp3) is 0.873. The topological polar surface area (TPSA) is 78.9 Å². The zero-order valence-corrected chi connectivity index (χ0v) is 40.9. The van der Waals surface area contributed by atoms with Crippen molar-refractivity contribution in [2.45, 2.75) is 297 Å². The van der Waals surface area contributed by atoms with Gasteiger partial charge in [0.1, 0.15) is 13.2 Å². The number of hydrogen-bond donors (Lipinski definition) is 0. The SMILES string of the molecule is CCCCCC/C=C\CCCCCCCCCC(=O)OCC(COC(=O)CCCCCCCCC/C=C\CCCCCC)OC(=O)CCCCCCCCCCCCCCC. The monoisotopic (exact) mass is 859 g/mol. The molecule has 0 fully saturated rings. The molecule has 0 aliphatic heterocycles. The Morgan fingerprint density at radius 3 is 0.836 bits per heavy atom. The third-order valence-electron chi connectivity index (χ3n) is 11.9. The van der Waals surface area contributed by atoms with Gasteiger partial charge < -0.3 is 14.2 Å². The van der Waals surface area contributed by atoms with E-state index in [1.165, 1.54) is 193 Å². The molecule has 6 nitrogen and oxygen atoms in total. The fourth-order valence-electron chi connectivity index (χ4n) is 7.84. The Balaban J connectivity index is 4.34. The number of esters is 3. The lowest BCUT2D eigenvalue weighted by atomic mass is 10.0. The summed E-state index contributed by atoms with van der Waals surface area (Å²) in [7, 11) is 0. The molecule has 0 aromatic carbocycles. The van der Waals surface area contributed by atoms with Crippen LogP contribution in [0, 0.1) is 0 Å². The summed E-state index contributed by atoms with van der Waals surface area (Å²) in [6.45, 7) is 6.64. The first-order chi connectivity index (χ1) is 30.0. The van der Waals surface area contributed by atoms with E-state index in [9.17, 15) is 14.4 Å². The molecule has 0 N–H and O–H groups in total. The second-order valence-electron chi connectivity index (χ2n) is 18.1. The number of ether oxygens (including phenoxy) is 3. The summed E-state index contributed by atoms with van der Waals surface area (Å²) in [4.78, 5) is 38.0. The van der Waals surface area contributed by atoms with Crippen LogP contribution in [0.15, 0.2) is 24.3 Å². The summed E-state index contributed by atoms with van der Waals surface area (Å²) in [5, 5.41) is 0.